The summed E-state index contributed by atoms with van der Waals surface area (Å²) < 4.78 is 27.1. The van der Waals surface area contributed by atoms with Gasteiger partial charge in [0.25, 0.3) is 9.05 Å². The second-order valence-electron chi connectivity index (χ2n) is 2.81. The second kappa shape index (κ2) is 3.79. The Morgan fingerprint density at radius 1 is 1.36 bits per heavy atom. The van der Waals surface area contributed by atoms with Crippen molar-refractivity contribution in [1.82, 2.24) is 0 Å². The average Bonchev–Trinajstić information content (AvgIpc) is 2.47. The first-order chi connectivity index (χ1) is 6.07. The van der Waals surface area contributed by atoms with Gasteiger partial charge in [0.15, 0.2) is 0 Å². The van der Waals surface area contributed by atoms with Crippen LogP contribution in [0.2, 0.25) is 0 Å². The maximum absolute atomic E-state index is 11.0. The first kappa shape index (κ1) is 11.3. The molecule has 1 heterocycles. The molecule has 5 heteroatoms. The van der Waals surface area contributed by atoms with Crippen molar-refractivity contribution in [2.75, 3.05) is 6.61 Å². The SMILES string of the molecule is C.O=S(=O)(Cl)c1ccc2c(c1)CCO2. The minimum atomic E-state index is -3.61. The Kier molecular flexibility index (Phi) is 3.07. The van der Waals surface area contributed by atoms with Gasteiger partial charge in [0.1, 0.15) is 5.75 Å². The maximum Gasteiger partial charge on any atom is 0.261 e. The smallest absolute Gasteiger partial charge is 0.261 e. The Morgan fingerprint density at radius 2 is 2.07 bits per heavy atom. The Morgan fingerprint density at radius 3 is 2.71 bits per heavy atom. The van der Waals surface area contributed by atoms with E-state index < -0.39 is 9.05 Å². The molecule has 0 spiro atoms. The standard InChI is InChI=1S/C8H7ClO3S.CH4/c9-13(10,11)7-1-2-8-6(5-7)3-4-12-8;/h1-2,5H,3-4H2;1H4. The van der Waals surface area contributed by atoms with E-state index >= 15 is 0 Å². The van der Waals surface area contributed by atoms with Gasteiger partial charge < -0.3 is 4.74 Å². The lowest BCUT2D eigenvalue weighted by atomic mass is 10.2. The van der Waals surface area contributed by atoms with E-state index in [1.165, 1.54) is 6.07 Å². The molecule has 0 radical (unpaired) electrons. The first-order valence-electron chi connectivity index (χ1n) is 3.78. The number of fused-ring (bicyclic) bond motifs is 1. The Hall–Kier alpha value is -0.740. The van der Waals surface area contributed by atoms with E-state index in [1.807, 2.05) is 0 Å². The van der Waals surface area contributed by atoms with Crippen molar-refractivity contribution in [2.45, 2.75) is 18.7 Å². The quantitative estimate of drug-likeness (QED) is 0.700. The first-order valence-corrected chi connectivity index (χ1v) is 6.09. The van der Waals surface area contributed by atoms with Crippen LogP contribution in [-0.2, 0) is 15.5 Å². The summed E-state index contributed by atoms with van der Waals surface area (Å²) in [7, 11) is 1.58. The molecule has 0 atom stereocenters. The van der Waals surface area contributed by atoms with Crippen LogP contribution in [0.5, 0.6) is 5.75 Å². The van der Waals surface area contributed by atoms with Crippen molar-refractivity contribution in [1.29, 1.82) is 0 Å². The van der Waals surface area contributed by atoms with E-state index in [-0.39, 0.29) is 12.3 Å². The van der Waals surface area contributed by atoms with Gasteiger partial charge in [-0.2, -0.15) is 0 Å². The van der Waals surface area contributed by atoms with Crippen molar-refractivity contribution in [3.63, 3.8) is 0 Å². The molecule has 1 aliphatic heterocycles. The van der Waals surface area contributed by atoms with Crippen LogP contribution in [0.1, 0.15) is 13.0 Å². The van der Waals surface area contributed by atoms with Gasteiger partial charge in [0.05, 0.1) is 11.5 Å². The number of hydrogen-bond donors (Lipinski definition) is 0. The molecule has 0 unspecified atom stereocenters. The summed E-state index contributed by atoms with van der Waals surface area (Å²) in [5, 5.41) is 0. The van der Waals surface area contributed by atoms with E-state index in [9.17, 15) is 8.42 Å². The van der Waals surface area contributed by atoms with Crippen LogP contribution in [0, 0.1) is 0 Å². The van der Waals surface area contributed by atoms with E-state index in [0.29, 0.717) is 6.61 Å². The molecule has 0 aliphatic carbocycles. The zero-order valence-corrected chi connectivity index (χ0v) is 8.23. The zero-order chi connectivity index (χ0) is 9.47. The summed E-state index contributed by atoms with van der Waals surface area (Å²) in [6.45, 7) is 0.612. The van der Waals surface area contributed by atoms with Gasteiger partial charge >= 0.3 is 0 Å². The van der Waals surface area contributed by atoms with Crippen LogP contribution < -0.4 is 4.74 Å². The Balaban J connectivity index is 0.000000980. The van der Waals surface area contributed by atoms with Gasteiger partial charge in [-0.05, 0) is 23.8 Å². The molecule has 0 amide bonds. The number of hydrogen-bond acceptors (Lipinski definition) is 3. The molecule has 78 valence electrons. The van der Waals surface area contributed by atoms with Crippen LogP contribution in [0.4, 0.5) is 0 Å². The molecule has 0 bridgehead atoms. The fourth-order valence-corrected chi connectivity index (χ4v) is 2.12. The van der Waals surface area contributed by atoms with E-state index in [1.54, 1.807) is 12.1 Å². The lowest BCUT2D eigenvalue weighted by Gasteiger charge is -1.99. The van der Waals surface area contributed by atoms with Gasteiger partial charge in [-0.3, -0.25) is 0 Å². The van der Waals surface area contributed by atoms with Crippen LogP contribution in [0.3, 0.4) is 0 Å². The number of benzene rings is 1. The predicted molar refractivity (Wildman–Crippen MR) is 55.4 cm³/mol. The largest absolute Gasteiger partial charge is 0.493 e. The molecule has 1 aromatic rings. The van der Waals surface area contributed by atoms with Gasteiger partial charge in [0.2, 0.25) is 0 Å². The highest BCUT2D eigenvalue weighted by molar-refractivity contribution is 8.13. The molecule has 14 heavy (non-hydrogen) atoms. The summed E-state index contributed by atoms with van der Waals surface area (Å²) in [4.78, 5) is 0.137. The molecule has 1 aliphatic rings. The molecule has 0 fully saturated rings. The normalized spacial score (nSPS) is 14.1. The summed E-state index contributed by atoms with van der Waals surface area (Å²) in [5.41, 5.74) is 0.904. The second-order valence-corrected chi connectivity index (χ2v) is 5.37. The third kappa shape index (κ3) is 2.01. The minimum absolute atomic E-state index is 0. The van der Waals surface area contributed by atoms with E-state index in [0.717, 1.165) is 17.7 Å². The van der Waals surface area contributed by atoms with Crippen molar-refractivity contribution in [3.05, 3.63) is 23.8 Å². The topological polar surface area (TPSA) is 43.4 Å². The molecule has 0 N–H and O–H groups in total. The summed E-state index contributed by atoms with van der Waals surface area (Å²) in [6.07, 6.45) is 0.746. The molecular formula is C9H11ClO3S. The lowest BCUT2D eigenvalue weighted by Crippen LogP contribution is -1.91. The van der Waals surface area contributed by atoms with E-state index in [2.05, 4.69) is 0 Å². The van der Waals surface area contributed by atoms with Gasteiger partial charge in [-0.15, -0.1) is 0 Å². The van der Waals surface area contributed by atoms with Gasteiger partial charge in [-0.25, -0.2) is 8.42 Å². The summed E-state index contributed by atoms with van der Waals surface area (Å²) >= 11 is 0. The maximum atomic E-state index is 11.0. The number of halogens is 1. The van der Waals surface area contributed by atoms with Crippen LogP contribution in [0.25, 0.3) is 0 Å². The van der Waals surface area contributed by atoms with Crippen molar-refractivity contribution >= 4 is 19.7 Å². The monoisotopic (exact) mass is 234 g/mol. The zero-order valence-electron chi connectivity index (χ0n) is 6.66. The number of rotatable bonds is 1. The Bertz CT molecular complexity index is 439. The molecule has 0 saturated heterocycles. The van der Waals surface area contributed by atoms with Crippen molar-refractivity contribution in [3.8, 4) is 5.75 Å². The van der Waals surface area contributed by atoms with Crippen LogP contribution in [0.15, 0.2) is 23.1 Å². The molecule has 0 aromatic heterocycles. The van der Waals surface area contributed by atoms with E-state index in [4.69, 9.17) is 15.4 Å². The predicted octanol–water partition coefficient (Wildman–Crippen LogP) is 2.19. The molecule has 2 rings (SSSR count). The highest BCUT2D eigenvalue weighted by atomic mass is 35.7. The van der Waals surface area contributed by atoms with Gasteiger partial charge in [-0.1, -0.05) is 7.43 Å². The minimum Gasteiger partial charge on any atom is -0.493 e. The summed E-state index contributed by atoms with van der Waals surface area (Å²) in [5.74, 6) is 0.754. The Labute approximate surface area is 88.1 Å². The van der Waals surface area contributed by atoms with Crippen LogP contribution >= 0.6 is 10.7 Å². The third-order valence-corrected chi connectivity index (χ3v) is 3.29. The molecule has 1 aromatic carbocycles. The van der Waals surface area contributed by atoms with Crippen molar-refractivity contribution in [2.24, 2.45) is 0 Å². The fraction of sp³-hybridized carbons (Fsp3) is 0.333. The highest BCUT2D eigenvalue weighted by Crippen LogP contribution is 2.28. The molecule has 0 saturated carbocycles. The molecular weight excluding hydrogens is 224 g/mol. The lowest BCUT2D eigenvalue weighted by molar-refractivity contribution is 0.356. The van der Waals surface area contributed by atoms with Crippen LogP contribution in [-0.4, -0.2) is 15.0 Å². The number of ether oxygens (including phenoxy) is 1. The third-order valence-electron chi connectivity index (χ3n) is 1.94. The summed E-state index contributed by atoms with van der Waals surface area (Å²) in [6, 6.07) is 4.65. The highest BCUT2D eigenvalue weighted by Gasteiger charge is 2.16. The van der Waals surface area contributed by atoms with Crippen molar-refractivity contribution < 1.29 is 13.2 Å². The average molecular weight is 235 g/mol. The van der Waals surface area contributed by atoms with Gasteiger partial charge in [0, 0.05) is 17.1 Å². The fourth-order valence-electron chi connectivity index (χ4n) is 1.31. The molecule has 3 nitrogen and oxygen atoms in total.